The van der Waals surface area contributed by atoms with Crippen LogP contribution in [-0.4, -0.2) is 16.9 Å². The highest BCUT2D eigenvalue weighted by Crippen LogP contribution is 2.29. The van der Waals surface area contributed by atoms with E-state index >= 15 is 0 Å². The summed E-state index contributed by atoms with van der Waals surface area (Å²) in [5.41, 5.74) is 0.925. The number of hydrogen-bond donors (Lipinski definition) is 1. The van der Waals surface area contributed by atoms with E-state index in [1.807, 2.05) is 6.92 Å². The topological polar surface area (TPSA) is 63.6 Å². The van der Waals surface area contributed by atoms with Crippen LogP contribution in [0.4, 0.5) is 0 Å². The van der Waals surface area contributed by atoms with E-state index < -0.39 is 0 Å². The molecule has 0 atom stereocenters. The first-order chi connectivity index (χ1) is 8.86. The maximum absolute atomic E-state index is 11.9. The Balaban J connectivity index is 3.03. The van der Waals surface area contributed by atoms with Crippen molar-refractivity contribution in [2.24, 2.45) is 5.92 Å². The van der Waals surface area contributed by atoms with Gasteiger partial charge in [0, 0.05) is 18.4 Å². The van der Waals surface area contributed by atoms with Gasteiger partial charge in [0.15, 0.2) is 5.78 Å². The number of ether oxygens (including phenoxy) is 1. The molecule has 0 aliphatic rings. The van der Waals surface area contributed by atoms with E-state index in [-0.39, 0.29) is 29.0 Å². The van der Waals surface area contributed by atoms with Crippen LogP contribution in [0.3, 0.4) is 0 Å². The van der Waals surface area contributed by atoms with Crippen molar-refractivity contribution in [3.63, 3.8) is 0 Å². The molecule has 0 saturated carbocycles. The Morgan fingerprint density at radius 2 is 1.95 bits per heavy atom. The summed E-state index contributed by atoms with van der Waals surface area (Å²) in [5, 5.41) is 9.87. The van der Waals surface area contributed by atoms with E-state index in [4.69, 9.17) is 4.74 Å². The van der Waals surface area contributed by atoms with Gasteiger partial charge in [0.1, 0.15) is 11.5 Å². The Morgan fingerprint density at radius 3 is 2.47 bits per heavy atom. The van der Waals surface area contributed by atoms with Crippen molar-refractivity contribution in [3.05, 3.63) is 23.3 Å². The number of Topliss-reactive ketones (excluding diaryl/α,β-unsaturated/α-hetero) is 1. The summed E-state index contributed by atoms with van der Waals surface area (Å²) in [6.07, 6.45) is 1.03. The lowest BCUT2D eigenvalue weighted by atomic mass is 9.98. The van der Waals surface area contributed by atoms with Gasteiger partial charge in [-0.15, -0.1) is 0 Å². The number of ketones is 1. The fraction of sp³-hybridized carbons (Fsp3) is 0.467. The quantitative estimate of drug-likeness (QED) is 0.503. The molecule has 0 aliphatic carbocycles. The van der Waals surface area contributed by atoms with E-state index in [0.29, 0.717) is 24.2 Å². The Hall–Kier alpha value is -1.84. The third kappa shape index (κ3) is 3.81. The van der Waals surface area contributed by atoms with E-state index in [1.165, 1.54) is 6.07 Å². The van der Waals surface area contributed by atoms with Crippen LogP contribution in [0.1, 0.15) is 49.5 Å². The number of esters is 1. The van der Waals surface area contributed by atoms with Crippen LogP contribution in [0.15, 0.2) is 12.1 Å². The number of rotatable bonds is 5. The summed E-state index contributed by atoms with van der Waals surface area (Å²) >= 11 is 0. The highest BCUT2D eigenvalue weighted by atomic mass is 16.5. The molecule has 0 unspecified atom stereocenters. The van der Waals surface area contributed by atoms with Crippen molar-refractivity contribution < 1.29 is 19.4 Å². The molecule has 0 bridgehead atoms. The molecule has 19 heavy (non-hydrogen) atoms. The van der Waals surface area contributed by atoms with Crippen LogP contribution in [0.25, 0.3) is 0 Å². The Labute approximate surface area is 113 Å². The molecular formula is C15H20O4. The number of carbonyl (C=O) groups excluding carboxylic acids is 2. The maximum atomic E-state index is 11.9. The molecule has 0 heterocycles. The molecule has 1 rings (SSSR count). The average molecular weight is 264 g/mol. The maximum Gasteiger partial charge on any atom is 0.311 e. The Morgan fingerprint density at radius 1 is 1.32 bits per heavy atom. The summed E-state index contributed by atoms with van der Waals surface area (Å²) in [6.45, 7) is 7.17. The van der Waals surface area contributed by atoms with Crippen LogP contribution in [0.2, 0.25) is 0 Å². The van der Waals surface area contributed by atoms with Crippen molar-refractivity contribution in [2.45, 2.75) is 40.5 Å². The number of aryl methyl sites for hydroxylation is 1. The number of hydrogen-bond acceptors (Lipinski definition) is 4. The summed E-state index contributed by atoms with van der Waals surface area (Å²) in [6, 6.07) is 2.89. The first-order valence-electron chi connectivity index (χ1n) is 6.45. The monoisotopic (exact) mass is 264 g/mol. The molecule has 0 radical (unpaired) electrons. The zero-order valence-electron chi connectivity index (χ0n) is 11.8. The second kappa shape index (κ2) is 6.36. The Kier molecular flexibility index (Phi) is 5.10. The van der Waals surface area contributed by atoms with E-state index in [9.17, 15) is 14.7 Å². The molecule has 1 aromatic rings. The van der Waals surface area contributed by atoms with Crippen LogP contribution in [0, 0.1) is 12.8 Å². The largest absolute Gasteiger partial charge is 0.507 e. The zero-order chi connectivity index (χ0) is 14.6. The van der Waals surface area contributed by atoms with Crippen molar-refractivity contribution in [1.29, 1.82) is 0 Å². The van der Waals surface area contributed by atoms with Gasteiger partial charge < -0.3 is 9.84 Å². The van der Waals surface area contributed by atoms with E-state index in [1.54, 1.807) is 26.8 Å². The lowest BCUT2D eigenvalue weighted by Crippen LogP contribution is -2.10. The molecule has 0 fully saturated rings. The number of phenolic OH excluding ortho intramolecular Hbond substituents is 1. The molecule has 4 heteroatoms. The zero-order valence-corrected chi connectivity index (χ0v) is 11.8. The minimum absolute atomic E-state index is 0.132. The lowest BCUT2D eigenvalue weighted by molar-refractivity contribution is -0.134. The molecule has 1 aromatic carbocycles. The van der Waals surface area contributed by atoms with Crippen LogP contribution >= 0.6 is 0 Å². The summed E-state index contributed by atoms with van der Waals surface area (Å²) < 4.78 is 5.15. The molecule has 0 spiro atoms. The molecule has 0 saturated heterocycles. The van der Waals surface area contributed by atoms with Gasteiger partial charge in [0.2, 0.25) is 0 Å². The summed E-state index contributed by atoms with van der Waals surface area (Å²) in [5.74, 6) is -0.515. The van der Waals surface area contributed by atoms with Gasteiger partial charge in [-0.2, -0.15) is 0 Å². The smallest absolute Gasteiger partial charge is 0.311 e. The number of carbonyl (C=O) groups is 2. The van der Waals surface area contributed by atoms with Gasteiger partial charge in [0.05, 0.1) is 5.56 Å². The molecule has 0 aromatic heterocycles. The highest BCUT2D eigenvalue weighted by molar-refractivity contribution is 6.00. The van der Waals surface area contributed by atoms with Crippen molar-refractivity contribution in [3.8, 4) is 11.5 Å². The first kappa shape index (κ1) is 15.2. The average Bonchev–Trinajstić information content (AvgIpc) is 2.32. The van der Waals surface area contributed by atoms with Crippen molar-refractivity contribution >= 4 is 11.8 Å². The van der Waals surface area contributed by atoms with Gasteiger partial charge in [-0.3, -0.25) is 9.59 Å². The summed E-state index contributed by atoms with van der Waals surface area (Å²) in [4.78, 5) is 23.3. The van der Waals surface area contributed by atoms with Gasteiger partial charge in [-0.1, -0.05) is 20.8 Å². The van der Waals surface area contributed by atoms with E-state index in [0.717, 1.165) is 0 Å². The van der Waals surface area contributed by atoms with Crippen LogP contribution in [-0.2, 0) is 4.79 Å². The molecule has 104 valence electrons. The molecular weight excluding hydrogens is 244 g/mol. The normalized spacial score (nSPS) is 10.6. The minimum Gasteiger partial charge on any atom is -0.507 e. The van der Waals surface area contributed by atoms with Gasteiger partial charge in [-0.25, -0.2) is 0 Å². The van der Waals surface area contributed by atoms with Crippen molar-refractivity contribution in [1.82, 2.24) is 0 Å². The van der Waals surface area contributed by atoms with Gasteiger partial charge in [-0.05, 0) is 25.0 Å². The van der Waals surface area contributed by atoms with E-state index in [2.05, 4.69) is 0 Å². The predicted octanol–water partition coefficient (Wildman–Crippen LogP) is 3.24. The summed E-state index contributed by atoms with van der Waals surface area (Å²) in [7, 11) is 0. The molecule has 0 aliphatic heterocycles. The number of phenols is 1. The van der Waals surface area contributed by atoms with Gasteiger partial charge in [0.25, 0.3) is 0 Å². The second-order valence-electron chi connectivity index (χ2n) is 4.88. The second-order valence-corrected chi connectivity index (χ2v) is 4.88. The third-order valence-electron chi connectivity index (χ3n) is 2.76. The SMILES string of the molecule is CCCC(=O)Oc1cc(O)c(C(=O)C(C)C)cc1C. The standard InChI is InChI=1S/C15H20O4/c1-5-6-14(17)19-13-8-12(16)11(7-10(13)4)15(18)9(2)3/h7-9,16H,5-6H2,1-4H3. The fourth-order valence-corrected chi connectivity index (χ4v) is 1.67. The highest BCUT2D eigenvalue weighted by Gasteiger charge is 2.18. The third-order valence-corrected chi connectivity index (χ3v) is 2.76. The van der Waals surface area contributed by atoms with Crippen molar-refractivity contribution in [2.75, 3.05) is 0 Å². The number of benzene rings is 1. The van der Waals surface area contributed by atoms with Crippen LogP contribution in [0.5, 0.6) is 11.5 Å². The molecule has 1 N–H and O–H groups in total. The van der Waals surface area contributed by atoms with Crippen LogP contribution < -0.4 is 4.74 Å². The molecule has 4 nitrogen and oxygen atoms in total. The molecule has 0 amide bonds. The number of aromatic hydroxyl groups is 1. The van der Waals surface area contributed by atoms with Gasteiger partial charge >= 0.3 is 5.97 Å². The minimum atomic E-state index is -0.340. The fourth-order valence-electron chi connectivity index (χ4n) is 1.67. The first-order valence-corrected chi connectivity index (χ1v) is 6.45. The lowest BCUT2D eigenvalue weighted by Gasteiger charge is -2.12. The predicted molar refractivity (Wildman–Crippen MR) is 72.6 cm³/mol. The Bertz CT molecular complexity index is 489.